The average molecular weight is 301 g/mol. The van der Waals surface area contributed by atoms with Crippen molar-refractivity contribution >= 4 is 23.2 Å². The molecule has 2 saturated heterocycles. The summed E-state index contributed by atoms with van der Waals surface area (Å²) in [6.07, 6.45) is 4.82. The molecule has 0 radical (unpaired) electrons. The second-order valence-electron chi connectivity index (χ2n) is 6.12. The topological polar surface area (TPSA) is 61.4 Å². The zero-order valence-corrected chi connectivity index (χ0v) is 12.8. The smallest absolute Gasteiger partial charge is 0.228 e. The predicted octanol–water partition coefficient (Wildman–Crippen LogP) is 2.14. The SMILES string of the molecule is O=C1CC(C(=O)Nc2ccc(N3CCCCC3)cc2)CCN1. The second-order valence-corrected chi connectivity index (χ2v) is 6.12. The summed E-state index contributed by atoms with van der Waals surface area (Å²) in [4.78, 5) is 25.9. The lowest BCUT2D eigenvalue weighted by Gasteiger charge is -2.29. The molecular weight excluding hydrogens is 278 g/mol. The van der Waals surface area contributed by atoms with Crippen LogP contribution in [0.1, 0.15) is 32.1 Å². The Bertz CT molecular complexity index is 535. The number of carbonyl (C=O) groups excluding carboxylic acids is 2. The molecule has 3 rings (SSSR count). The van der Waals surface area contributed by atoms with Crippen LogP contribution in [-0.2, 0) is 9.59 Å². The van der Waals surface area contributed by atoms with Crippen molar-refractivity contribution in [1.29, 1.82) is 0 Å². The van der Waals surface area contributed by atoms with E-state index in [2.05, 4.69) is 27.7 Å². The molecule has 1 aromatic carbocycles. The molecule has 118 valence electrons. The number of nitrogens with zero attached hydrogens (tertiary/aromatic N) is 1. The molecule has 0 spiro atoms. The standard InChI is InChI=1S/C17H23N3O2/c21-16-12-13(8-9-18-16)17(22)19-14-4-6-15(7-5-14)20-10-2-1-3-11-20/h4-7,13H,1-3,8-12H2,(H,18,21)(H,19,22). The molecule has 5 nitrogen and oxygen atoms in total. The molecule has 2 aliphatic rings. The van der Waals surface area contributed by atoms with Gasteiger partial charge in [-0.15, -0.1) is 0 Å². The maximum Gasteiger partial charge on any atom is 0.228 e. The molecule has 1 atom stereocenters. The van der Waals surface area contributed by atoms with E-state index in [1.54, 1.807) is 0 Å². The van der Waals surface area contributed by atoms with Gasteiger partial charge < -0.3 is 15.5 Å². The van der Waals surface area contributed by atoms with Crippen molar-refractivity contribution in [3.63, 3.8) is 0 Å². The molecule has 2 aliphatic heterocycles. The normalized spacial score (nSPS) is 22.1. The van der Waals surface area contributed by atoms with Gasteiger partial charge in [-0.1, -0.05) is 0 Å². The van der Waals surface area contributed by atoms with E-state index in [9.17, 15) is 9.59 Å². The van der Waals surface area contributed by atoms with Gasteiger partial charge in [0.2, 0.25) is 11.8 Å². The number of nitrogens with one attached hydrogen (secondary N) is 2. The summed E-state index contributed by atoms with van der Waals surface area (Å²) in [6, 6.07) is 8.03. The fourth-order valence-corrected chi connectivity index (χ4v) is 3.16. The molecule has 1 unspecified atom stereocenters. The zero-order chi connectivity index (χ0) is 15.4. The molecular formula is C17H23N3O2. The second kappa shape index (κ2) is 6.81. The molecule has 5 heteroatoms. The Morgan fingerprint density at radius 2 is 1.86 bits per heavy atom. The number of carbonyl (C=O) groups is 2. The van der Waals surface area contributed by atoms with Crippen LogP contribution in [-0.4, -0.2) is 31.4 Å². The Morgan fingerprint density at radius 1 is 1.14 bits per heavy atom. The molecule has 22 heavy (non-hydrogen) atoms. The van der Waals surface area contributed by atoms with Crippen LogP contribution >= 0.6 is 0 Å². The van der Waals surface area contributed by atoms with E-state index in [0.717, 1.165) is 18.8 Å². The Morgan fingerprint density at radius 3 is 2.55 bits per heavy atom. The van der Waals surface area contributed by atoms with Gasteiger partial charge in [0.1, 0.15) is 0 Å². The molecule has 2 heterocycles. The number of amides is 2. The zero-order valence-electron chi connectivity index (χ0n) is 12.8. The summed E-state index contributed by atoms with van der Waals surface area (Å²) in [5.74, 6) is -0.303. The number of rotatable bonds is 3. The van der Waals surface area contributed by atoms with Crippen LogP contribution in [0, 0.1) is 5.92 Å². The third-order valence-electron chi connectivity index (χ3n) is 4.47. The van der Waals surface area contributed by atoms with E-state index in [4.69, 9.17) is 0 Å². The van der Waals surface area contributed by atoms with Crippen LogP contribution in [0.15, 0.2) is 24.3 Å². The number of hydrogen-bond donors (Lipinski definition) is 2. The van der Waals surface area contributed by atoms with Gasteiger partial charge in [0.05, 0.1) is 0 Å². The maximum atomic E-state index is 12.2. The summed E-state index contributed by atoms with van der Waals surface area (Å²) in [6.45, 7) is 2.82. The van der Waals surface area contributed by atoms with Gasteiger partial charge in [0, 0.05) is 43.3 Å². The molecule has 2 amide bonds. The van der Waals surface area contributed by atoms with Gasteiger partial charge >= 0.3 is 0 Å². The minimum atomic E-state index is -0.212. The van der Waals surface area contributed by atoms with Crippen molar-refractivity contribution in [2.24, 2.45) is 5.92 Å². The first-order chi connectivity index (χ1) is 10.7. The van der Waals surface area contributed by atoms with Crippen LogP contribution in [0.2, 0.25) is 0 Å². The van der Waals surface area contributed by atoms with Crippen molar-refractivity contribution in [3.8, 4) is 0 Å². The summed E-state index contributed by atoms with van der Waals surface area (Å²) in [7, 11) is 0. The van der Waals surface area contributed by atoms with Crippen molar-refractivity contribution in [2.75, 3.05) is 29.9 Å². The number of benzene rings is 1. The molecule has 0 aliphatic carbocycles. The Balaban J connectivity index is 1.58. The van der Waals surface area contributed by atoms with Crippen LogP contribution in [0.5, 0.6) is 0 Å². The predicted molar refractivity (Wildman–Crippen MR) is 86.9 cm³/mol. The largest absolute Gasteiger partial charge is 0.372 e. The van der Waals surface area contributed by atoms with E-state index in [1.165, 1.54) is 24.9 Å². The van der Waals surface area contributed by atoms with Crippen LogP contribution in [0.4, 0.5) is 11.4 Å². The highest BCUT2D eigenvalue weighted by Gasteiger charge is 2.25. The highest BCUT2D eigenvalue weighted by molar-refractivity contribution is 5.95. The lowest BCUT2D eigenvalue weighted by molar-refractivity contribution is -0.129. The van der Waals surface area contributed by atoms with E-state index in [-0.39, 0.29) is 24.2 Å². The van der Waals surface area contributed by atoms with Gasteiger partial charge in [-0.3, -0.25) is 9.59 Å². The monoisotopic (exact) mass is 301 g/mol. The first-order valence-electron chi connectivity index (χ1n) is 8.15. The van der Waals surface area contributed by atoms with Crippen molar-refractivity contribution in [3.05, 3.63) is 24.3 Å². The quantitative estimate of drug-likeness (QED) is 0.899. The molecule has 0 saturated carbocycles. The third kappa shape index (κ3) is 3.59. The van der Waals surface area contributed by atoms with E-state index < -0.39 is 0 Å². The fourth-order valence-electron chi connectivity index (χ4n) is 3.16. The van der Waals surface area contributed by atoms with Gasteiger partial charge in [0.15, 0.2) is 0 Å². The van der Waals surface area contributed by atoms with Gasteiger partial charge in [-0.05, 0) is 49.9 Å². The van der Waals surface area contributed by atoms with Gasteiger partial charge in [0.25, 0.3) is 0 Å². The summed E-state index contributed by atoms with van der Waals surface area (Å²) >= 11 is 0. The van der Waals surface area contributed by atoms with Crippen LogP contribution in [0.3, 0.4) is 0 Å². The number of anilines is 2. The first kappa shape index (κ1) is 14.9. The lowest BCUT2D eigenvalue weighted by atomic mass is 9.96. The fraction of sp³-hybridized carbons (Fsp3) is 0.529. The first-order valence-corrected chi connectivity index (χ1v) is 8.15. The highest BCUT2D eigenvalue weighted by Crippen LogP contribution is 2.22. The van der Waals surface area contributed by atoms with Gasteiger partial charge in [-0.25, -0.2) is 0 Å². The Kier molecular flexibility index (Phi) is 4.61. The number of piperidine rings is 2. The van der Waals surface area contributed by atoms with Crippen molar-refractivity contribution in [2.45, 2.75) is 32.1 Å². The lowest BCUT2D eigenvalue weighted by Crippen LogP contribution is -2.38. The van der Waals surface area contributed by atoms with Gasteiger partial charge in [-0.2, -0.15) is 0 Å². The molecule has 0 aromatic heterocycles. The summed E-state index contributed by atoms with van der Waals surface area (Å²) < 4.78 is 0. The van der Waals surface area contributed by atoms with E-state index >= 15 is 0 Å². The van der Waals surface area contributed by atoms with Crippen molar-refractivity contribution in [1.82, 2.24) is 5.32 Å². The van der Waals surface area contributed by atoms with Crippen LogP contribution < -0.4 is 15.5 Å². The van der Waals surface area contributed by atoms with Crippen LogP contribution in [0.25, 0.3) is 0 Å². The minimum absolute atomic E-state index is 0.0353. The molecule has 2 N–H and O–H groups in total. The van der Waals surface area contributed by atoms with E-state index in [0.29, 0.717) is 13.0 Å². The minimum Gasteiger partial charge on any atom is -0.372 e. The van der Waals surface area contributed by atoms with E-state index in [1.807, 2.05) is 12.1 Å². The molecule has 1 aromatic rings. The van der Waals surface area contributed by atoms with Crippen molar-refractivity contribution < 1.29 is 9.59 Å². The Hall–Kier alpha value is -2.04. The molecule has 2 fully saturated rings. The average Bonchev–Trinajstić information content (AvgIpc) is 2.56. The Labute approximate surface area is 131 Å². The highest BCUT2D eigenvalue weighted by atomic mass is 16.2. The third-order valence-corrected chi connectivity index (χ3v) is 4.47. The maximum absolute atomic E-state index is 12.2. The summed E-state index contributed by atoms with van der Waals surface area (Å²) in [5, 5.41) is 5.67. The molecule has 0 bridgehead atoms. The summed E-state index contributed by atoms with van der Waals surface area (Å²) in [5.41, 5.74) is 2.02. The number of hydrogen-bond acceptors (Lipinski definition) is 3.